The van der Waals surface area contributed by atoms with Gasteiger partial charge in [-0.05, 0) is 31.0 Å². The van der Waals surface area contributed by atoms with E-state index in [-0.39, 0.29) is 12.1 Å². The largest absolute Gasteiger partial charge is 0.490 e. The van der Waals surface area contributed by atoms with Crippen molar-refractivity contribution >= 4 is 11.6 Å². The van der Waals surface area contributed by atoms with Crippen LogP contribution in [-0.4, -0.2) is 6.10 Å². The van der Waals surface area contributed by atoms with Crippen molar-refractivity contribution in [3.63, 3.8) is 0 Å². The second-order valence-electron chi connectivity index (χ2n) is 6.17. The van der Waals surface area contributed by atoms with E-state index >= 15 is 0 Å². The Morgan fingerprint density at radius 2 is 1.86 bits per heavy atom. The molecule has 0 aliphatic carbocycles. The molecule has 0 saturated heterocycles. The quantitative estimate of drug-likeness (QED) is 0.631. The third-order valence-electron chi connectivity index (χ3n) is 4.31. The molecule has 3 heteroatoms. The van der Waals surface area contributed by atoms with Crippen LogP contribution in [0, 0.1) is 0 Å². The lowest BCUT2D eigenvalue weighted by Crippen LogP contribution is -2.29. The lowest BCUT2D eigenvalue weighted by Gasteiger charge is -2.30. The minimum Gasteiger partial charge on any atom is -0.490 e. The van der Waals surface area contributed by atoms with Crippen LogP contribution in [0.3, 0.4) is 0 Å². The van der Waals surface area contributed by atoms with E-state index in [9.17, 15) is 0 Å². The maximum atomic E-state index is 6.25. The van der Waals surface area contributed by atoms with Crippen molar-refractivity contribution in [1.82, 2.24) is 0 Å². The molecule has 2 nitrogen and oxygen atoms in total. The van der Waals surface area contributed by atoms with E-state index in [0.29, 0.717) is 0 Å². The van der Waals surface area contributed by atoms with Gasteiger partial charge in [-0.2, -0.15) is 0 Å². The number of ether oxygens (including phenoxy) is 1. The average molecular weight is 310 g/mol. The van der Waals surface area contributed by atoms with Gasteiger partial charge in [-0.25, -0.2) is 0 Å². The molecule has 0 radical (unpaired) electrons. The molecule has 0 amide bonds. The van der Waals surface area contributed by atoms with Crippen molar-refractivity contribution in [3.05, 3.63) is 28.8 Å². The number of hydrogen-bond donors (Lipinski definition) is 1. The summed E-state index contributed by atoms with van der Waals surface area (Å²) in [5.74, 6) is 0.922. The first-order chi connectivity index (χ1) is 10.2. The lowest BCUT2D eigenvalue weighted by molar-refractivity contribution is 0.146. The maximum absolute atomic E-state index is 6.25. The second kappa shape index (κ2) is 8.65. The summed E-state index contributed by atoms with van der Waals surface area (Å²) >= 11 is 6.02. The summed E-state index contributed by atoms with van der Waals surface area (Å²) < 4.78 is 6.06. The van der Waals surface area contributed by atoms with Crippen LogP contribution in [0.2, 0.25) is 5.02 Å². The smallest absolute Gasteiger partial charge is 0.124 e. The molecular weight excluding hydrogens is 282 g/mol. The van der Waals surface area contributed by atoms with Gasteiger partial charge in [0.05, 0.1) is 0 Å². The summed E-state index contributed by atoms with van der Waals surface area (Å²) in [5.41, 5.74) is 7.31. The molecule has 1 aromatic carbocycles. The minimum atomic E-state index is 0.0574. The molecule has 1 aliphatic rings. The molecule has 2 N–H and O–H groups in total. The van der Waals surface area contributed by atoms with Crippen LogP contribution >= 0.6 is 11.6 Å². The number of benzene rings is 1. The van der Waals surface area contributed by atoms with Crippen LogP contribution in [0.25, 0.3) is 0 Å². The van der Waals surface area contributed by atoms with Crippen LogP contribution in [0.5, 0.6) is 5.75 Å². The van der Waals surface area contributed by atoms with Crippen molar-refractivity contribution in [1.29, 1.82) is 0 Å². The zero-order valence-corrected chi connectivity index (χ0v) is 13.9. The van der Waals surface area contributed by atoms with E-state index in [1.807, 2.05) is 18.2 Å². The lowest BCUT2D eigenvalue weighted by atomic mass is 9.94. The fourth-order valence-electron chi connectivity index (χ4n) is 3.06. The van der Waals surface area contributed by atoms with Gasteiger partial charge in [0.2, 0.25) is 0 Å². The molecule has 2 unspecified atom stereocenters. The Bertz CT molecular complexity index is 435. The van der Waals surface area contributed by atoms with Crippen molar-refractivity contribution in [2.75, 3.05) is 0 Å². The standard InChI is InChI=1S/C18H28ClNO/c1-2-3-4-5-6-7-8-9-15-13-17(20)16-12-14(19)10-11-18(16)21-15/h10-12,15,17H,2-9,13,20H2,1H3. The van der Waals surface area contributed by atoms with Gasteiger partial charge in [0, 0.05) is 23.0 Å². The fraction of sp³-hybridized carbons (Fsp3) is 0.667. The van der Waals surface area contributed by atoms with E-state index in [4.69, 9.17) is 22.1 Å². The minimum absolute atomic E-state index is 0.0574. The molecule has 0 spiro atoms. The van der Waals surface area contributed by atoms with Crippen LogP contribution in [0.15, 0.2) is 18.2 Å². The summed E-state index contributed by atoms with van der Waals surface area (Å²) in [6.07, 6.45) is 11.6. The zero-order valence-electron chi connectivity index (χ0n) is 13.1. The third kappa shape index (κ3) is 5.19. The molecular formula is C18H28ClNO. The number of nitrogens with two attached hydrogens (primary N) is 1. The summed E-state index contributed by atoms with van der Waals surface area (Å²) in [7, 11) is 0. The Balaban J connectivity index is 1.70. The van der Waals surface area contributed by atoms with Crippen molar-refractivity contribution < 1.29 is 4.74 Å². The molecule has 2 atom stereocenters. The van der Waals surface area contributed by atoms with Gasteiger partial charge < -0.3 is 10.5 Å². The maximum Gasteiger partial charge on any atom is 0.124 e. The Labute approximate surface area is 134 Å². The first-order valence-electron chi connectivity index (χ1n) is 8.42. The molecule has 2 rings (SSSR count). The summed E-state index contributed by atoms with van der Waals surface area (Å²) in [6, 6.07) is 5.82. The molecule has 0 aromatic heterocycles. The third-order valence-corrected chi connectivity index (χ3v) is 4.55. The van der Waals surface area contributed by atoms with Crippen molar-refractivity contribution in [2.24, 2.45) is 5.73 Å². The van der Waals surface area contributed by atoms with Gasteiger partial charge in [-0.15, -0.1) is 0 Å². The highest BCUT2D eigenvalue weighted by Crippen LogP contribution is 2.36. The van der Waals surface area contributed by atoms with Crippen LogP contribution < -0.4 is 10.5 Å². The predicted octanol–water partition coefficient (Wildman–Crippen LogP) is 5.63. The topological polar surface area (TPSA) is 35.2 Å². The first-order valence-corrected chi connectivity index (χ1v) is 8.80. The number of rotatable bonds is 8. The molecule has 1 heterocycles. The molecule has 0 fully saturated rings. The average Bonchev–Trinajstić information content (AvgIpc) is 2.47. The van der Waals surface area contributed by atoms with E-state index in [0.717, 1.165) is 29.2 Å². The molecule has 1 aliphatic heterocycles. The Hall–Kier alpha value is -0.730. The predicted molar refractivity (Wildman–Crippen MR) is 90.0 cm³/mol. The molecule has 118 valence electrons. The second-order valence-corrected chi connectivity index (χ2v) is 6.61. The number of halogens is 1. The Morgan fingerprint density at radius 3 is 2.62 bits per heavy atom. The highest BCUT2D eigenvalue weighted by Gasteiger charge is 2.25. The van der Waals surface area contributed by atoms with E-state index < -0.39 is 0 Å². The van der Waals surface area contributed by atoms with Gasteiger partial charge in [0.1, 0.15) is 11.9 Å². The number of hydrogen-bond acceptors (Lipinski definition) is 2. The summed E-state index contributed by atoms with van der Waals surface area (Å²) in [5, 5.41) is 0.735. The van der Waals surface area contributed by atoms with E-state index in [1.165, 1.54) is 44.9 Å². The summed E-state index contributed by atoms with van der Waals surface area (Å²) in [4.78, 5) is 0. The Kier molecular flexibility index (Phi) is 6.85. The Morgan fingerprint density at radius 1 is 1.14 bits per heavy atom. The molecule has 1 aromatic rings. The van der Waals surface area contributed by atoms with Gasteiger partial charge in [-0.3, -0.25) is 0 Å². The fourth-order valence-corrected chi connectivity index (χ4v) is 3.24. The van der Waals surface area contributed by atoms with Crippen LogP contribution in [0.1, 0.15) is 76.3 Å². The molecule has 0 saturated carbocycles. The highest BCUT2D eigenvalue weighted by atomic mass is 35.5. The zero-order chi connectivity index (χ0) is 15.1. The van der Waals surface area contributed by atoms with Gasteiger partial charge in [-0.1, -0.05) is 57.0 Å². The first kappa shape index (κ1) is 16.6. The van der Waals surface area contributed by atoms with Crippen LogP contribution in [-0.2, 0) is 0 Å². The number of fused-ring (bicyclic) bond motifs is 1. The normalized spacial score (nSPS) is 20.9. The molecule has 0 bridgehead atoms. The summed E-state index contributed by atoms with van der Waals surface area (Å²) in [6.45, 7) is 2.26. The van der Waals surface area contributed by atoms with E-state index in [2.05, 4.69) is 6.92 Å². The highest BCUT2D eigenvalue weighted by molar-refractivity contribution is 6.30. The van der Waals surface area contributed by atoms with Gasteiger partial charge in [0.25, 0.3) is 0 Å². The van der Waals surface area contributed by atoms with Crippen molar-refractivity contribution in [2.45, 2.75) is 76.9 Å². The van der Waals surface area contributed by atoms with Gasteiger partial charge in [0.15, 0.2) is 0 Å². The number of unbranched alkanes of at least 4 members (excludes halogenated alkanes) is 6. The van der Waals surface area contributed by atoms with E-state index in [1.54, 1.807) is 0 Å². The van der Waals surface area contributed by atoms with Gasteiger partial charge >= 0.3 is 0 Å². The monoisotopic (exact) mass is 309 g/mol. The van der Waals surface area contributed by atoms with Crippen molar-refractivity contribution in [3.8, 4) is 5.75 Å². The molecule has 21 heavy (non-hydrogen) atoms. The SMILES string of the molecule is CCCCCCCCCC1CC(N)c2cc(Cl)ccc2O1. The van der Waals surface area contributed by atoms with Crippen LogP contribution in [0.4, 0.5) is 0 Å².